The number of aromatic nitrogens is 1. The summed E-state index contributed by atoms with van der Waals surface area (Å²) in [5, 5.41) is 4.29. The minimum Gasteiger partial charge on any atom is -0.462 e. The van der Waals surface area contributed by atoms with Gasteiger partial charge in [0.1, 0.15) is 0 Å². The molecule has 2 aromatic carbocycles. The largest absolute Gasteiger partial charge is 0.462 e. The van der Waals surface area contributed by atoms with Crippen molar-refractivity contribution in [1.82, 2.24) is 4.98 Å². The number of nitrogens with zero attached hydrogens (tertiary/aromatic N) is 1. The van der Waals surface area contributed by atoms with Crippen molar-refractivity contribution in [2.45, 2.75) is 13.5 Å². The van der Waals surface area contributed by atoms with Gasteiger partial charge < -0.3 is 10.1 Å². The quantitative estimate of drug-likeness (QED) is 0.642. The Bertz CT molecular complexity index is 866. The third-order valence-electron chi connectivity index (χ3n) is 3.63. The molecule has 3 rings (SSSR count). The lowest BCUT2D eigenvalue weighted by atomic mass is 10.1. The zero-order valence-corrected chi connectivity index (χ0v) is 14.8. The van der Waals surface area contributed by atoms with E-state index in [0.717, 1.165) is 27.6 Å². The number of halogens is 1. The van der Waals surface area contributed by atoms with E-state index < -0.39 is 0 Å². The average Bonchev–Trinajstić information content (AvgIpc) is 2.62. The van der Waals surface area contributed by atoms with E-state index in [1.54, 1.807) is 19.2 Å². The molecule has 0 atom stereocenters. The Morgan fingerprint density at radius 3 is 2.75 bits per heavy atom. The average molecular weight is 385 g/mol. The van der Waals surface area contributed by atoms with Gasteiger partial charge in [0.2, 0.25) is 0 Å². The molecule has 0 saturated heterocycles. The number of nitrogens with one attached hydrogen (secondary N) is 1. The normalized spacial score (nSPS) is 10.6. The molecule has 0 amide bonds. The Labute approximate surface area is 149 Å². The highest BCUT2D eigenvalue weighted by Gasteiger charge is 2.11. The zero-order chi connectivity index (χ0) is 16.9. The fourth-order valence-electron chi connectivity index (χ4n) is 2.42. The Morgan fingerprint density at radius 2 is 2.00 bits per heavy atom. The molecule has 3 aromatic rings. The summed E-state index contributed by atoms with van der Waals surface area (Å²) in [6, 6.07) is 15.9. The second kappa shape index (κ2) is 7.45. The number of esters is 1. The van der Waals surface area contributed by atoms with E-state index in [1.807, 2.05) is 30.3 Å². The summed E-state index contributed by atoms with van der Waals surface area (Å²) in [5.41, 5.74) is 3.43. The smallest absolute Gasteiger partial charge is 0.339 e. The lowest BCUT2D eigenvalue weighted by molar-refractivity contribution is 0.0526. The third-order valence-corrected chi connectivity index (χ3v) is 4.43. The van der Waals surface area contributed by atoms with Crippen LogP contribution in [0.4, 0.5) is 5.69 Å². The number of rotatable bonds is 5. The van der Waals surface area contributed by atoms with Crippen LogP contribution in [0.5, 0.6) is 0 Å². The first-order valence-electron chi connectivity index (χ1n) is 7.72. The highest BCUT2D eigenvalue weighted by molar-refractivity contribution is 9.10. The van der Waals surface area contributed by atoms with Gasteiger partial charge in [-0.05, 0) is 40.5 Å². The predicted molar refractivity (Wildman–Crippen MR) is 99.2 cm³/mol. The molecule has 0 fully saturated rings. The zero-order valence-electron chi connectivity index (χ0n) is 13.3. The monoisotopic (exact) mass is 384 g/mol. The Kier molecular flexibility index (Phi) is 5.11. The molecule has 1 aromatic heterocycles. The number of pyridine rings is 1. The summed E-state index contributed by atoms with van der Waals surface area (Å²) in [5.74, 6) is -0.352. The van der Waals surface area contributed by atoms with Crippen molar-refractivity contribution in [2.75, 3.05) is 11.9 Å². The highest BCUT2D eigenvalue weighted by Crippen LogP contribution is 2.31. The van der Waals surface area contributed by atoms with Crippen molar-refractivity contribution in [3.05, 3.63) is 70.3 Å². The first kappa shape index (κ1) is 16.5. The molecule has 0 spiro atoms. The Morgan fingerprint density at radius 1 is 1.21 bits per heavy atom. The predicted octanol–water partition coefficient (Wildman–Crippen LogP) is 4.79. The van der Waals surface area contributed by atoms with Crippen LogP contribution >= 0.6 is 15.9 Å². The maximum Gasteiger partial charge on any atom is 0.339 e. The summed E-state index contributed by atoms with van der Waals surface area (Å²) in [4.78, 5) is 16.2. The van der Waals surface area contributed by atoms with Gasteiger partial charge in [0.05, 0.1) is 27.8 Å². The molecule has 122 valence electrons. The molecule has 0 aliphatic carbocycles. The SMILES string of the molecule is CCOC(=O)c1cnc2c(Br)c(NCc3ccccc3)ccc2c1. The standard InChI is InChI=1S/C19H17BrN2O2/c1-2-24-19(23)15-10-14-8-9-16(17(20)18(14)22-12-15)21-11-13-6-4-3-5-7-13/h3-10,12,21H,2,11H2,1H3. The van der Waals surface area contributed by atoms with Crippen molar-refractivity contribution in [3.63, 3.8) is 0 Å². The molecular weight excluding hydrogens is 368 g/mol. The van der Waals surface area contributed by atoms with E-state index >= 15 is 0 Å². The van der Waals surface area contributed by atoms with Gasteiger partial charge in [-0.2, -0.15) is 0 Å². The van der Waals surface area contributed by atoms with E-state index in [0.29, 0.717) is 12.2 Å². The van der Waals surface area contributed by atoms with Crippen molar-refractivity contribution < 1.29 is 9.53 Å². The summed E-state index contributed by atoms with van der Waals surface area (Å²) in [6.07, 6.45) is 1.55. The van der Waals surface area contributed by atoms with Crippen LogP contribution in [0.3, 0.4) is 0 Å². The van der Waals surface area contributed by atoms with E-state index in [4.69, 9.17) is 4.74 Å². The molecule has 0 unspecified atom stereocenters. The number of hydrogen-bond donors (Lipinski definition) is 1. The van der Waals surface area contributed by atoms with Crippen molar-refractivity contribution in [3.8, 4) is 0 Å². The van der Waals surface area contributed by atoms with E-state index in [2.05, 4.69) is 38.4 Å². The van der Waals surface area contributed by atoms with Crippen molar-refractivity contribution in [2.24, 2.45) is 0 Å². The third kappa shape index (κ3) is 3.57. The second-order valence-corrected chi connectivity index (χ2v) is 6.08. The molecule has 24 heavy (non-hydrogen) atoms. The minimum atomic E-state index is -0.352. The molecule has 0 aliphatic rings. The van der Waals surface area contributed by atoms with Gasteiger partial charge >= 0.3 is 5.97 Å². The summed E-state index contributed by atoms with van der Waals surface area (Å²) in [6.45, 7) is 2.86. The van der Waals surface area contributed by atoms with Gasteiger partial charge in [-0.1, -0.05) is 36.4 Å². The fraction of sp³-hybridized carbons (Fsp3) is 0.158. The van der Waals surface area contributed by atoms with Gasteiger partial charge in [0.15, 0.2) is 0 Å². The van der Waals surface area contributed by atoms with E-state index in [1.165, 1.54) is 5.56 Å². The van der Waals surface area contributed by atoms with Gasteiger partial charge in [0, 0.05) is 18.1 Å². The number of hydrogen-bond acceptors (Lipinski definition) is 4. The lowest BCUT2D eigenvalue weighted by Gasteiger charge is -2.11. The van der Waals surface area contributed by atoms with Crippen LogP contribution in [0.1, 0.15) is 22.8 Å². The maximum absolute atomic E-state index is 11.8. The molecule has 0 bridgehead atoms. The lowest BCUT2D eigenvalue weighted by Crippen LogP contribution is -2.05. The van der Waals surface area contributed by atoms with Gasteiger partial charge in [-0.15, -0.1) is 0 Å². The number of carbonyl (C=O) groups is 1. The van der Waals surface area contributed by atoms with Crippen LogP contribution in [-0.2, 0) is 11.3 Å². The Balaban J connectivity index is 1.85. The molecule has 4 nitrogen and oxygen atoms in total. The first-order chi connectivity index (χ1) is 11.7. The van der Waals surface area contributed by atoms with Crippen LogP contribution in [0, 0.1) is 0 Å². The summed E-state index contributed by atoms with van der Waals surface area (Å²) >= 11 is 3.61. The van der Waals surface area contributed by atoms with E-state index in [9.17, 15) is 4.79 Å². The van der Waals surface area contributed by atoms with Crippen LogP contribution < -0.4 is 5.32 Å². The first-order valence-corrected chi connectivity index (χ1v) is 8.51. The second-order valence-electron chi connectivity index (χ2n) is 5.28. The summed E-state index contributed by atoms with van der Waals surface area (Å²) < 4.78 is 5.90. The molecule has 0 aliphatic heterocycles. The number of fused-ring (bicyclic) bond motifs is 1. The van der Waals surface area contributed by atoms with Crippen LogP contribution in [0.2, 0.25) is 0 Å². The van der Waals surface area contributed by atoms with Crippen LogP contribution in [-0.4, -0.2) is 17.6 Å². The summed E-state index contributed by atoms with van der Waals surface area (Å²) in [7, 11) is 0. The molecule has 0 radical (unpaired) electrons. The van der Waals surface area contributed by atoms with Gasteiger partial charge in [-0.3, -0.25) is 4.98 Å². The number of ether oxygens (including phenoxy) is 1. The molecule has 1 N–H and O–H groups in total. The Hall–Kier alpha value is -2.40. The maximum atomic E-state index is 11.8. The topological polar surface area (TPSA) is 51.2 Å². The van der Waals surface area contributed by atoms with Crippen molar-refractivity contribution in [1.29, 1.82) is 0 Å². The van der Waals surface area contributed by atoms with Crippen LogP contribution in [0.25, 0.3) is 10.9 Å². The molecule has 1 heterocycles. The minimum absolute atomic E-state index is 0.350. The fourth-order valence-corrected chi connectivity index (χ4v) is 3.03. The van der Waals surface area contributed by atoms with Gasteiger partial charge in [-0.25, -0.2) is 4.79 Å². The number of anilines is 1. The number of carbonyl (C=O) groups excluding carboxylic acids is 1. The molecule has 0 saturated carbocycles. The van der Waals surface area contributed by atoms with Crippen molar-refractivity contribution >= 4 is 38.5 Å². The molecular formula is C19H17BrN2O2. The van der Waals surface area contributed by atoms with Crippen LogP contribution in [0.15, 0.2) is 59.2 Å². The van der Waals surface area contributed by atoms with E-state index in [-0.39, 0.29) is 5.97 Å². The van der Waals surface area contributed by atoms with Gasteiger partial charge in [0.25, 0.3) is 0 Å². The highest BCUT2D eigenvalue weighted by atomic mass is 79.9. The molecule has 5 heteroatoms. The number of benzene rings is 2.